The maximum atomic E-state index is 12.0. The Kier molecular flexibility index (Phi) is 5.92. The lowest BCUT2D eigenvalue weighted by Gasteiger charge is -2.14. The van der Waals surface area contributed by atoms with Crippen LogP contribution in [0.2, 0.25) is 0 Å². The molecular formula is C19H21NO3. The lowest BCUT2D eigenvalue weighted by atomic mass is 9.99. The van der Waals surface area contributed by atoms with Gasteiger partial charge in [0.2, 0.25) is 5.91 Å². The van der Waals surface area contributed by atoms with Crippen LogP contribution in [-0.4, -0.2) is 23.5 Å². The van der Waals surface area contributed by atoms with Gasteiger partial charge in [0.1, 0.15) is 0 Å². The molecule has 2 N–H and O–H groups in total. The van der Waals surface area contributed by atoms with Gasteiger partial charge in [-0.05, 0) is 30.0 Å². The van der Waals surface area contributed by atoms with Crippen LogP contribution in [-0.2, 0) is 16.0 Å². The van der Waals surface area contributed by atoms with E-state index in [1.165, 1.54) is 0 Å². The second kappa shape index (κ2) is 8.13. The zero-order valence-electron chi connectivity index (χ0n) is 13.2. The zero-order chi connectivity index (χ0) is 16.7. The number of hydrogen-bond donors (Lipinski definition) is 2. The van der Waals surface area contributed by atoms with E-state index in [0.717, 1.165) is 11.1 Å². The highest BCUT2D eigenvalue weighted by Gasteiger charge is 2.20. The van der Waals surface area contributed by atoms with Gasteiger partial charge in [0.25, 0.3) is 0 Å². The van der Waals surface area contributed by atoms with Crippen LogP contribution in [0.4, 0.5) is 0 Å². The van der Waals surface area contributed by atoms with E-state index < -0.39 is 11.9 Å². The number of rotatable bonds is 7. The molecule has 2 aromatic rings. The summed E-state index contributed by atoms with van der Waals surface area (Å²) >= 11 is 0. The third-order valence-electron chi connectivity index (χ3n) is 3.89. The minimum absolute atomic E-state index is 0.103. The van der Waals surface area contributed by atoms with Crippen LogP contribution < -0.4 is 5.32 Å². The molecule has 0 heterocycles. The van der Waals surface area contributed by atoms with Gasteiger partial charge in [-0.15, -0.1) is 0 Å². The van der Waals surface area contributed by atoms with Crippen LogP contribution in [0.1, 0.15) is 29.0 Å². The molecule has 2 aromatic carbocycles. The Balaban J connectivity index is 1.87. The number of carboxylic acids is 1. The van der Waals surface area contributed by atoms with Gasteiger partial charge in [0.05, 0.1) is 5.92 Å². The second-order valence-corrected chi connectivity index (χ2v) is 5.53. The predicted octanol–water partition coefficient (Wildman–Crippen LogP) is 2.91. The number of hydrogen-bond acceptors (Lipinski definition) is 2. The van der Waals surface area contributed by atoms with Crippen molar-refractivity contribution >= 4 is 11.9 Å². The fourth-order valence-electron chi connectivity index (χ4n) is 2.48. The predicted molar refractivity (Wildman–Crippen MR) is 89.3 cm³/mol. The van der Waals surface area contributed by atoms with Crippen LogP contribution in [0.15, 0.2) is 54.6 Å². The molecule has 0 saturated carbocycles. The minimum atomic E-state index is -0.935. The monoisotopic (exact) mass is 311 g/mol. The Morgan fingerprint density at radius 2 is 1.70 bits per heavy atom. The Morgan fingerprint density at radius 1 is 1.04 bits per heavy atom. The number of carbonyl (C=O) groups is 2. The molecule has 4 heteroatoms. The largest absolute Gasteiger partial charge is 0.481 e. The second-order valence-electron chi connectivity index (χ2n) is 5.53. The van der Waals surface area contributed by atoms with E-state index >= 15 is 0 Å². The third-order valence-corrected chi connectivity index (χ3v) is 3.89. The van der Waals surface area contributed by atoms with E-state index in [4.69, 9.17) is 0 Å². The SMILES string of the molecule is Cc1ccccc1CCC(=O)NC[C@H](C(=O)O)c1ccccc1. The average molecular weight is 311 g/mol. The highest BCUT2D eigenvalue weighted by molar-refractivity contribution is 5.80. The summed E-state index contributed by atoms with van der Waals surface area (Å²) in [6, 6.07) is 16.9. The molecule has 0 saturated heterocycles. The summed E-state index contributed by atoms with van der Waals surface area (Å²) < 4.78 is 0. The van der Waals surface area contributed by atoms with E-state index in [9.17, 15) is 14.7 Å². The topological polar surface area (TPSA) is 66.4 Å². The number of carbonyl (C=O) groups excluding carboxylic acids is 1. The first-order chi connectivity index (χ1) is 11.1. The molecule has 1 atom stereocenters. The lowest BCUT2D eigenvalue weighted by molar-refractivity contribution is -0.138. The summed E-state index contributed by atoms with van der Waals surface area (Å²) in [6.07, 6.45) is 1.01. The van der Waals surface area contributed by atoms with E-state index in [-0.39, 0.29) is 12.5 Å². The summed E-state index contributed by atoms with van der Waals surface area (Å²) in [4.78, 5) is 23.4. The first-order valence-electron chi connectivity index (χ1n) is 7.67. The Hall–Kier alpha value is -2.62. The first kappa shape index (κ1) is 16.7. The molecule has 4 nitrogen and oxygen atoms in total. The van der Waals surface area contributed by atoms with Crippen LogP contribution in [0.3, 0.4) is 0 Å². The quantitative estimate of drug-likeness (QED) is 0.826. The van der Waals surface area contributed by atoms with Gasteiger partial charge >= 0.3 is 5.97 Å². The molecule has 120 valence electrons. The van der Waals surface area contributed by atoms with Crippen LogP contribution in [0, 0.1) is 6.92 Å². The van der Waals surface area contributed by atoms with E-state index in [1.807, 2.05) is 37.3 Å². The molecule has 0 spiro atoms. The molecule has 0 unspecified atom stereocenters. The Bertz CT molecular complexity index is 667. The van der Waals surface area contributed by atoms with Crippen molar-refractivity contribution in [2.24, 2.45) is 0 Å². The molecular weight excluding hydrogens is 290 g/mol. The smallest absolute Gasteiger partial charge is 0.312 e. The number of carboxylic acid groups (broad SMARTS) is 1. The molecule has 0 aromatic heterocycles. The van der Waals surface area contributed by atoms with Gasteiger partial charge in [-0.3, -0.25) is 9.59 Å². The van der Waals surface area contributed by atoms with Crippen molar-refractivity contribution in [3.8, 4) is 0 Å². The standard InChI is InChI=1S/C19H21NO3/c1-14-7-5-6-8-15(14)11-12-18(21)20-13-17(19(22)23)16-9-3-2-4-10-16/h2-10,17H,11-13H2,1H3,(H,20,21)(H,22,23)/t17-/m0/s1. The van der Waals surface area contributed by atoms with E-state index in [2.05, 4.69) is 5.32 Å². The molecule has 0 bridgehead atoms. The molecule has 0 aliphatic heterocycles. The van der Waals surface area contributed by atoms with Crippen molar-refractivity contribution in [2.75, 3.05) is 6.54 Å². The van der Waals surface area contributed by atoms with Crippen molar-refractivity contribution in [1.82, 2.24) is 5.32 Å². The van der Waals surface area contributed by atoms with Crippen molar-refractivity contribution in [1.29, 1.82) is 0 Å². The molecule has 1 amide bonds. The fraction of sp³-hybridized carbons (Fsp3) is 0.263. The number of aryl methyl sites for hydroxylation is 2. The van der Waals surface area contributed by atoms with E-state index in [1.54, 1.807) is 24.3 Å². The van der Waals surface area contributed by atoms with Gasteiger partial charge in [-0.1, -0.05) is 54.6 Å². The summed E-state index contributed by atoms with van der Waals surface area (Å²) in [5, 5.41) is 12.1. The number of aliphatic carboxylic acids is 1. The maximum absolute atomic E-state index is 12.0. The highest BCUT2D eigenvalue weighted by atomic mass is 16.4. The average Bonchev–Trinajstić information content (AvgIpc) is 2.55. The molecule has 0 aliphatic carbocycles. The highest BCUT2D eigenvalue weighted by Crippen LogP contribution is 2.15. The Labute approximate surface area is 136 Å². The van der Waals surface area contributed by atoms with Gasteiger partial charge < -0.3 is 10.4 Å². The summed E-state index contributed by atoms with van der Waals surface area (Å²) in [5.74, 6) is -1.79. The number of nitrogens with one attached hydrogen (secondary N) is 1. The van der Waals surface area contributed by atoms with Crippen LogP contribution in [0.5, 0.6) is 0 Å². The maximum Gasteiger partial charge on any atom is 0.312 e. The Morgan fingerprint density at radius 3 is 2.35 bits per heavy atom. The van der Waals surface area contributed by atoms with Gasteiger partial charge in [-0.25, -0.2) is 0 Å². The first-order valence-corrected chi connectivity index (χ1v) is 7.67. The van der Waals surface area contributed by atoms with Crippen molar-refractivity contribution in [2.45, 2.75) is 25.7 Å². The molecule has 0 aliphatic rings. The third kappa shape index (κ3) is 4.95. The zero-order valence-corrected chi connectivity index (χ0v) is 13.2. The fourth-order valence-corrected chi connectivity index (χ4v) is 2.48. The van der Waals surface area contributed by atoms with Crippen molar-refractivity contribution < 1.29 is 14.7 Å². The number of benzene rings is 2. The van der Waals surface area contributed by atoms with Gasteiger partial charge in [0.15, 0.2) is 0 Å². The van der Waals surface area contributed by atoms with Gasteiger partial charge in [0, 0.05) is 13.0 Å². The normalized spacial score (nSPS) is 11.7. The van der Waals surface area contributed by atoms with Crippen molar-refractivity contribution in [3.63, 3.8) is 0 Å². The van der Waals surface area contributed by atoms with Crippen molar-refractivity contribution in [3.05, 3.63) is 71.3 Å². The molecule has 0 fully saturated rings. The lowest BCUT2D eigenvalue weighted by Crippen LogP contribution is -2.31. The molecule has 2 rings (SSSR count). The van der Waals surface area contributed by atoms with Crippen LogP contribution >= 0.6 is 0 Å². The van der Waals surface area contributed by atoms with Crippen LogP contribution in [0.25, 0.3) is 0 Å². The summed E-state index contributed by atoms with van der Waals surface area (Å²) in [7, 11) is 0. The number of amides is 1. The molecule has 0 radical (unpaired) electrons. The summed E-state index contributed by atoms with van der Waals surface area (Å²) in [6.45, 7) is 2.12. The van der Waals surface area contributed by atoms with Gasteiger partial charge in [-0.2, -0.15) is 0 Å². The molecule has 23 heavy (non-hydrogen) atoms. The minimum Gasteiger partial charge on any atom is -0.481 e. The van der Waals surface area contributed by atoms with E-state index in [0.29, 0.717) is 18.4 Å². The summed E-state index contributed by atoms with van der Waals surface area (Å²) in [5.41, 5.74) is 2.99.